The van der Waals surface area contributed by atoms with Crippen LogP contribution in [0.5, 0.6) is 5.75 Å². The lowest BCUT2D eigenvalue weighted by Gasteiger charge is -2.27. The number of carboxylic acid groups (broad SMARTS) is 2. The molecule has 2 rings (SSSR count). The van der Waals surface area contributed by atoms with Crippen molar-refractivity contribution in [1.29, 1.82) is 0 Å². The third-order valence-electron chi connectivity index (χ3n) is 5.33. The average Bonchev–Trinajstić information content (AvgIpc) is 3.29. The number of phenolic OH excluding ortho intramolecular Hbond substituents is 1. The lowest BCUT2D eigenvalue weighted by molar-refractivity contribution is -0.142. The van der Waals surface area contributed by atoms with Crippen molar-refractivity contribution in [2.45, 2.75) is 38.3 Å². The summed E-state index contributed by atoms with van der Waals surface area (Å²) in [6, 6.07) is 3.65. The second-order valence-electron chi connectivity index (χ2n) is 7.68. The Morgan fingerprint density at radius 2 is 1.84 bits per heavy atom. The molecule has 3 atom stereocenters. The predicted octanol–water partition coefficient (Wildman–Crippen LogP) is -0.0116. The zero-order valence-electron chi connectivity index (χ0n) is 17.9. The minimum absolute atomic E-state index is 0.00822. The molecule has 0 radical (unpaired) electrons. The number of aromatic hydroxyl groups is 1. The Labute approximate surface area is 185 Å². The molecule has 0 aliphatic carbocycles. The maximum Gasteiger partial charge on any atom is 0.326 e. The van der Waals surface area contributed by atoms with E-state index in [1.807, 2.05) is 0 Å². The molecule has 176 valence electrons. The molecule has 11 heteroatoms. The van der Waals surface area contributed by atoms with E-state index in [2.05, 4.69) is 16.0 Å². The number of hydrogen-bond donors (Lipinski definition) is 6. The first kappa shape index (κ1) is 24.9. The molecule has 11 nitrogen and oxygen atoms in total. The van der Waals surface area contributed by atoms with Gasteiger partial charge in [0.2, 0.25) is 5.91 Å². The fourth-order valence-corrected chi connectivity index (χ4v) is 3.42. The van der Waals surface area contributed by atoms with Gasteiger partial charge in [0.05, 0.1) is 12.0 Å². The van der Waals surface area contributed by atoms with E-state index in [1.54, 1.807) is 19.1 Å². The summed E-state index contributed by atoms with van der Waals surface area (Å²) in [6.45, 7) is 2.20. The van der Waals surface area contributed by atoms with Crippen LogP contribution in [0.15, 0.2) is 24.3 Å². The molecular formula is C21H30N4O7. The van der Waals surface area contributed by atoms with Crippen molar-refractivity contribution >= 4 is 23.9 Å². The van der Waals surface area contributed by atoms with Gasteiger partial charge >= 0.3 is 18.0 Å². The van der Waals surface area contributed by atoms with E-state index in [-0.39, 0.29) is 43.8 Å². The smallest absolute Gasteiger partial charge is 0.326 e. The van der Waals surface area contributed by atoms with Crippen LogP contribution >= 0.6 is 0 Å². The van der Waals surface area contributed by atoms with Gasteiger partial charge in [-0.2, -0.15) is 0 Å². The van der Waals surface area contributed by atoms with Crippen LogP contribution in [0.1, 0.15) is 25.3 Å². The Balaban J connectivity index is 1.96. The molecule has 1 aliphatic rings. The van der Waals surface area contributed by atoms with Crippen LogP contribution in [0.25, 0.3) is 0 Å². The number of hydrogen-bond acceptors (Lipinski definition) is 6. The van der Waals surface area contributed by atoms with E-state index in [4.69, 9.17) is 0 Å². The normalized spacial score (nSPS) is 17.2. The number of carbonyl (C=O) groups excluding carboxylic acids is 2. The van der Waals surface area contributed by atoms with Crippen molar-refractivity contribution in [2.24, 2.45) is 5.92 Å². The monoisotopic (exact) mass is 450 g/mol. The number of aliphatic carboxylic acids is 2. The highest BCUT2D eigenvalue weighted by atomic mass is 16.4. The standard InChI is InChI=1S/C21H30N4O7/c1-2-25(12-14(19(28)29)11-23-18(27)16-4-3-9-22-16)21(32)24-17(20(30)31)10-13-5-7-15(26)8-6-13/h5-8,14,16-17,22,26H,2-4,9-12H2,1H3,(H,23,27)(H,24,32)(H,28,29)(H,30,31)/t14-,16+,17+/m1/s1. The van der Waals surface area contributed by atoms with Gasteiger partial charge in [0, 0.05) is 26.1 Å². The summed E-state index contributed by atoms with van der Waals surface area (Å²) in [4.78, 5) is 49.3. The van der Waals surface area contributed by atoms with Crippen molar-refractivity contribution in [2.75, 3.05) is 26.2 Å². The molecule has 1 saturated heterocycles. The molecule has 0 spiro atoms. The van der Waals surface area contributed by atoms with E-state index in [0.717, 1.165) is 13.0 Å². The zero-order valence-corrected chi connectivity index (χ0v) is 17.9. The quantitative estimate of drug-likeness (QED) is 0.273. The first-order valence-corrected chi connectivity index (χ1v) is 10.5. The molecule has 0 saturated carbocycles. The average molecular weight is 450 g/mol. The van der Waals surface area contributed by atoms with E-state index >= 15 is 0 Å². The van der Waals surface area contributed by atoms with Crippen LogP contribution < -0.4 is 16.0 Å². The number of benzene rings is 1. The zero-order chi connectivity index (χ0) is 23.7. The maximum absolute atomic E-state index is 12.7. The molecule has 0 bridgehead atoms. The molecule has 0 unspecified atom stereocenters. The van der Waals surface area contributed by atoms with E-state index in [0.29, 0.717) is 12.0 Å². The first-order chi connectivity index (χ1) is 15.2. The molecule has 6 N–H and O–H groups in total. The number of rotatable bonds is 11. The summed E-state index contributed by atoms with van der Waals surface area (Å²) in [5.41, 5.74) is 0.602. The van der Waals surface area contributed by atoms with Crippen molar-refractivity contribution in [3.63, 3.8) is 0 Å². The Morgan fingerprint density at radius 1 is 1.16 bits per heavy atom. The summed E-state index contributed by atoms with van der Waals surface area (Å²) in [6.07, 6.45) is 1.55. The summed E-state index contributed by atoms with van der Waals surface area (Å²) < 4.78 is 0. The topological polar surface area (TPSA) is 168 Å². The molecular weight excluding hydrogens is 420 g/mol. The van der Waals surface area contributed by atoms with Crippen LogP contribution in [0.4, 0.5) is 4.79 Å². The van der Waals surface area contributed by atoms with E-state index < -0.39 is 29.9 Å². The van der Waals surface area contributed by atoms with Gasteiger partial charge in [-0.3, -0.25) is 9.59 Å². The lowest BCUT2D eigenvalue weighted by atomic mass is 10.1. The Morgan fingerprint density at radius 3 is 2.38 bits per heavy atom. The summed E-state index contributed by atoms with van der Waals surface area (Å²) in [5.74, 6) is -3.70. The Hall–Kier alpha value is -3.34. The molecule has 1 heterocycles. The van der Waals surface area contributed by atoms with Gasteiger partial charge in [0.25, 0.3) is 0 Å². The van der Waals surface area contributed by atoms with E-state index in [1.165, 1.54) is 17.0 Å². The third-order valence-corrected chi connectivity index (χ3v) is 5.33. The largest absolute Gasteiger partial charge is 0.508 e. The Bertz CT molecular complexity index is 809. The van der Waals surface area contributed by atoms with Crippen LogP contribution in [0.3, 0.4) is 0 Å². The fourth-order valence-electron chi connectivity index (χ4n) is 3.42. The second kappa shape index (κ2) is 11.9. The number of carbonyl (C=O) groups is 4. The molecule has 0 aromatic heterocycles. The van der Waals surface area contributed by atoms with Gasteiger partial charge in [0.1, 0.15) is 11.8 Å². The molecule has 1 aromatic carbocycles. The summed E-state index contributed by atoms with van der Waals surface area (Å²) in [7, 11) is 0. The number of carboxylic acids is 2. The fraction of sp³-hybridized carbons (Fsp3) is 0.524. The number of phenols is 1. The van der Waals surface area contributed by atoms with Crippen LogP contribution in [0, 0.1) is 5.92 Å². The highest BCUT2D eigenvalue weighted by molar-refractivity contribution is 5.84. The number of nitrogens with one attached hydrogen (secondary N) is 3. The van der Waals surface area contributed by atoms with Crippen molar-refractivity contribution in [3.05, 3.63) is 29.8 Å². The maximum atomic E-state index is 12.7. The van der Waals surface area contributed by atoms with Crippen LogP contribution in [-0.4, -0.2) is 82.4 Å². The molecule has 1 aliphatic heterocycles. The highest BCUT2D eigenvalue weighted by Gasteiger charge is 2.29. The number of amides is 3. The highest BCUT2D eigenvalue weighted by Crippen LogP contribution is 2.12. The Kier molecular flexibility index (Phi) is 9.26. The van der Waals surface area contributed by atoms with Gasteiger partial charge < -0.3 is 36.2 Å². The number of urea groups is 1. The van der Waals surface area contributed by atoms with Gasteiger partial charge in [-0.25, -0.2) is 9.59 Å². The second-order valence-corrected chi connectivity index (χ2v) is 7.68. The first-order valence-electron chi connectivity index (χ1n) is 10.5. The van der Waals surface area contributed by atoms with Crippen LogP contribution in [0.2, 0.25) is 0 Å². The SMILES string of the molecule is CCN(C[C@@H](CNC(=O)[C@@H]1CCCN1)C(=O)O)C(=O)N[C@@H](Cc1ccc(O)cc1)C(=O)O. The van der Waals surface area contributed by atoms with Gasteiger partial charge in [-0.15, -0.1) is 0 Å². The molecule has 3 amide bonds. The van der Waals surface area contributed by atoms with Crippen molar-refractivity contribution in [1.82, 2.24) is 20.9 Å². The molecule has 32 heavy (non-hydrogen) atoms. The minimum atomic E-state index is -1.24. The number of nitrogens with zero attached hydrogens (tertiary/aromatic N) is 1. The van der Waals surface area contributed by atoms with Gasteiger partial charge in [-0.05, 0) is 44.0 Å². The van der Waals surface area contributed by atoms with Gasteiger partial charge in [-0.1, -0.05) is 12.1 Å². The predicted molar refractivity (Wildman–Crippen MR) is 114 cm³/mol. The van der Waals surface area contributed by atoms with Crippen molar-refractivity contribution < 1.29 is 34.5 Å². The third kappa shape index (κ3) is 7.41. The van der Waals surface area contributed by atoms with Gasteiger partial charge in [0.15, 0.2) is 0 Å². The van der Waals surface area contributed by atoms with Crippen LogP contribution in [-0.2, 0) is 20.8 Å². The van der Waals surface area contributed by atoms with E-state index in [9.17, 15) is 34.5 Å². The molecule has 1 fully saturated rings. The minimum Gasteiger partial charge on any atom is -0.508 e. The summed E-state index contributed by atoms with van der Waals surface area (Å²) in [5, 5.41) is 36.4. The van der Waals surface area contributed by atoms with Crippen molar-refractivity contribution in [3.8, 4) is 5.75 Å². The summed E-state index contributed by atoms with van der Waals surface area (Å²) >= 11 is 0. The molecule has 1 aromatic rings. The lowest BCUT2D eigenvalue weighted by Crippen LogP contribution is -2.52.